The summed E-state index contributed by atoms with van der Waals surface area (Å²) in [5.41, 5.74) is 3.05. The third kappa shape index (κ3) is 5.06. The van der Waals surface area contributed by atoms with Crippen molar-refractivity contribution < 1.29 is 19.1 Å². The fourth-order valence-electron chi connectivity index (χ4n) is 2.95. The van der Waals surface area contributed by atoms with E-state index in [4.69, 9.17) is 9.47 Å². The van der Waals surface area contributed by atoms with Gasteiger partial charge in [-0.3, -0.25) is 4.79 Å². The van der Waals surface area contributed by atoms with Gasteiger partial charge in [0, 0.05) is 17.9 Å². The number of rotatable bonds is 10. The minimum Gasteiger partial charge on any atom is -0.497 e. The van der Waals surface area contributed by atoms with Crippen LogP contribution in [0.25, 0.3) is 0 Å². The second-order valence-corrected chi connectivity index (χ2v) is 6.24. The molecule has 0 spiro atoms. The summed E-state index contributed by atoms with van der Waals surface area (Å²) in [5, 5.41) is 6.13. The third-order valence-electron chi connectivity index (χ3n) is 4.34. The minimum absolute atomic E-state index is 0.208. The van der Waals surface area contributed by atoms with Crippen molar-refractivity contribution in [3.63, 3.8) is 0 Å². The largest absolute Gasteiger partial charge is 0.497 e. The Balaban J connectivity index is 2.32. The smallest absolute Gasteiger partial charge is 0.340 e. The highest BCUT2D eigenvalue weighted by Gasteiger charge is 2.26. The molecule has 7 nitrogen and oxygen atoms in total. The van der Waals surface area contributed by atoms with Crippen LogP contribution in [-0.4, -0.2) is 37.1 Å². The average molecular weight is 387 g/mol. The molecule has 2 rings (SSSR count). The Hall–Kier alpha value is -2.96. The molecule has 0 saturated heterocycles. The summed E-state index contributed by atoms with van der Waals surface area (Å²) in [6.45, 7) is 6.88. The van der Waals surface area contributed by atoms with E-state index in [9.17, 15) is 9.59 Å². The number of aromatic amines is 1. The van der Waals surface area contributed by atoms with Crippen LogP contribution in [0.4, 0.5) is 5.69 Å². The van der Waals surface area contributed by atoms with Gasteiger partial charge in [0.1, 0.15) is 11.4 Å². The number of carbonyl (C=O) groups excluding carboxylic acids is 2. The predicted octanol–water partition coefficient (Wildman–Crippen LogP) is 3.51. The molecule has 0 atom stereocenters. The molecule has 0 bridgehead atoms. The first kappa shape index (κ1) is 21.3. The van der Waals surface area contributed by atoms with Crippen LogP contribution in [-0.2, 0) is 17.7 Å². The molecule has 0 radical (unpaired) electrons. The van der Waals surface area contributed by atoms with Crippen LogP contribution < -0.4 is 15.4 Å². The Kier molecular flexibility index (Phi) is 7.92. The second kappa shape index (κ2) is 10.4. The quantitative estimate of drug-likeness (QED) is 0.543. The Morgan fingerprint density at radius 1 is 1.11 bits per heavy atom. The van der Waals surface area contributed by atoms with E-state index < -0.39 is 5.97 Å². The van der Waals surface area contributed by atoms with Gasteiger partial charge in [-0.2, -0.15) is 0 Å². The molecule has 0 aliphatic rings. The first-order valence-electron chi connectivity index (χ1n) is 9.62. The van der Waals surface area contributed by atoms with Crippen molar-refractivity contribution in [2.24, 2.45) is 0 Å². The molecule has 3 N–H and O–H groups in total. The fraction of sp³-hybridized carbons (Fsp3) is 0.429. The normalized spacial score (nSPS) is 10.4. The number of nitrogens with one attached hydrogen (secondary N) is 3. The molecule has 0 saturated carbocycles. The Morgan fingerprint density at radius 2 is 1.82 bits per heavy atom. The minimum atomic E-state index is -0.420. The van der Waals surface area contributed by atoms with Gasteiger partial charge in [-0.05, 0) is 49.6 Å². The van der Waals surface area contributed by atoms with Crippen LogP contribution in [0.15, 0.2) is 24.3 Å². The number of benzene rings is 1. The zero-order chi connectivity index (χ0) is 20.5. The lowest BCUT2D eigenvalue weighted by Crippen LogP contribution is -2.25. The number of hydrogen-bond donors (Lipinski definition) is 3. The molecule has 1 aromatic carbocycles. The lowest BCUT2D eigenvalue weighted by atomic mass is 10.1. The first-order chi connectivity index (χ1) is 13.5. The van der Waals surface area contributed by atoms with Crippen molar-refractivity contribution in [1.29, 1.82) is 0 Å². The maximum absolute atomic E-state index is 12.6. The highest BCUT2D eigenvalue weighted by atomic mass is 16.5. The molecule has 152 valence electrons. The second-order valence-electron chi connectivity index (χ2n) is 6.24. The predicted molar refractivity (Wildman–Crippen MR) is 109 cm³/mol. The number of carbonyl (C=O) groups is 2. The molecule has 0 fully saturated rings. The van der Waals surface area contributed by atoms with Gasteiger partial charge in [0.25, 0.3) is 5.91 Å². The maximum atomic E-state index is 12.6. The number of amides is 1. The summed E-state index contributed by atoms with van der Waals surface area (Å²) < 4.78 is 10.4. The SMILES string of the molecule is CCCNC(=O)c1[nH]c(CNc2ccc(OC)cc2)c(C(=O)OCC)c1CC. The van der Waals surface area contributed by atoms with Crippen molar-refractivity contribution >= 4 is 17.6 Å². The number of ether oxygens (including phenoxy) is 2. The molecule has 2 aromatic rings. The lowest BCUT2D eigenvalue weighted by molar-refractivity contribution is 0.0524. The van der Waals surface area contributed by atoms with Gasteiger partial charge in [-0.25, -0.2) is 4.79 Å². The van der Waals surface area contributed by atoms with E-state index in [-0.39, 0.29) is 12.5 Å². The Morgan fingerprint density at radius 3 is 2.39 bits per heavy atom. The van der Waals surface area contributed by atoms with E-state index in [1.807, 2.05) is 38.1 Å². The molecule has 0 unspecified atom stereocenters. The van der Waals surface area contributed by atoms with E-state index in [0.29, 0.717) is 42.0 Å². The first-order valence-corrected chi connectivity index (χ1v) is 9.62. The van der Waals surface area contributed by atoms with Crippen molar-refractivity contribution in [2.45, 2.75) is 40.2 Å². The Labute approximate surface area is 165 Å². The molecule has 7 heteroatoms. The summed E-state index contributed by atoms with van der Waals surface area (Å²) in [7, 11) is 1.62. The molecule has 28 heavy (non-hydrogen) atoms. The van der Waals surface area contributed by atoms with E-state index >= 15 is 0 Å². The van der Waals surface area contributed by atoms with Gasteiger partial charge in [-0.1, -0.05) is 13.8 Å². The van der Waals surface area contributed by atoms with Crippen molar-refractivity contribution in [3.8, 4) is 5.75 Å². The molecule has 1 heterocycles. The van der Waals surface area contributed by atoms with E-state index in [0.717, 1.165) is 17.9 Å². The summed E-state index contributed by atoms with van der Waals surface area (Å²) in [6, 6.07) is 7.48. The summed E-state index contributed by atoms with van der Waals surface area (Å²) >= 11 is 0. The highest BCUT2D eigenvalue weighted by Crippen LogP contribution is 2.23. The van der Waals surface area contributed by atoms with Gasteiger partial charge < -0.3 is 25.1 Å². The molecule has 0 aliphatic heterocycles. The third-order valence-corrected chi connectivity index (χ3v) is 4.34. The van der Waals surface area contributed by atoms with Crippen LogP contribution in [0.1, 0.15) is 59.3 Å². The summed E-state index contributed by atoms with van der Waals surface area (Å²) in [6.07, 6.45) is 1.38. The molecule has 1 amide bonds. The van der Waals surface area contributed by atoms with Gasteiger partial charge in [0.05, 0.1) is 25.8 Å². The average Bonchev–Trinajstić information content (AvgIpc) is 3.09. The van der Waals surface area contributed by atoms with Gasteiger partial charge >= 0.3 is 5.97 Å². The Bertz CT molecular complexity index is 797. The molecular formula is C21H29N3O4. The number of esters is 1. The zero-order valence-corrected chi connectivity index (χ0v) is 17.0. The summed E-state index contributed by atoms with van der Waals surface area (Å²) in [5.74, 6) is 0.136. The van der Waals surface area contributed by atoms with Crippen LogP contribution in [0.3, 0.4) is 0 Å². The van der Waals surface area contributed by atoms with Crippen LogP contribution in [0.2, 0.25) is 0 Å². The topological polar surface area (TPSA) is 92.5 Å². The lowest BCUT2D eigenvalue weighted by Gasteiger charge is -2.09. The van der Waals surface area contributed by atoms with Crippen molar-refractivity contribution in [1.82, 2.24) is 10.3 Å². The van der Waals surface area contributed by atoms with Crippen LogP contribution in [0.5, 0.6) is 5.75 Å². The highest BCUT2D eigenvalue weighted by molar-refractivity contribution is 6.00. The van der Waals surface area contributed by atoms with Gasteiger partial charge in [0.15, 0.2) is 0 Å². The molecule has 0 aliphatic carbocycles. The van der Waals surface area contributed by atoms with Crippen LogP contribution >= 0.6 is 0 Å². The van der Waals surface area contributed by atoms with Crippen LogP contribution in [0, 0.1) is 0 Å². The van der Waals surface area contributed by atoms with E-state index in [2.05, 4.69) is 15.6 Å². The zero-order valence-electron chi connectivity index (χ0n) is 17.0. The number of aromatic nitrogens is 1. The monoisotopic (exact) mass is 387 g/mol. The van der Waals surface area contributed by atoms with Gasteiger partial charge in [0.2, 0.25) is 0 Å². The summed E-state index contributed by atoms with van der Waals surface area (Å²) in [4.78, 5) is 28.3. The number of methoxy groups -OCH3 is 1. The standard InChI is InChI=1S/C21H29N3O4/c1-5-12-22-20(25)19-16(6-2)18(21(26)28-7-3)17(24-19)13-23-14-8-10-15(27-4)11-9-14/h8-11,23-24H,5-7,12-13H2,1-4H3,(H,22,25). The van der Waals surface area contributed by atoms with Crippen molar-refractivity contribution in [2.75, 3.05) is 25.6 Å². The number of anilines is 1. The van der Waals surface area contributed by atoms with E-state index in [1.54, 1.807) is 14.0 Å². The number of hydrogen-bond acceptors (Lipinski definition) is 5. The molecule has 1 aromatic heterocycles. The van der Waals surface area contributed by atoms with Gasteiger partial charge in [-0.15, -0.1) is 0 Å². The fourth-order valence-corrected chi connectivity index (χ4v) is 2.95. The maximum Gasteiger partial charge on any atom is 0.340 e. The molecular weight excluding hydrogens is 358 g/mol. The number of H-pyrrole nitrogens is 1. The van der Waals surface area contributed by atoms with E-state index in [1.165, 1.54) is 0 Å². The van der Waals surface area contributed by atoms with Crippen molar-refractivity contribution in [3.05, 3.63) is 46.8 Å².